The van der Waals surface area contributed by atoms with Gasteiger partial charge in [0.25, 0.3) is 0 Å². The Kier molecular flexibility index (Phi) is 20.0. The lowest BCUT2D eigenvalue weighted by molar-refractivity contribution is -0.140. The number of nitrogens with one attached hydrogen (secondary N) is 2. The third-order valence-corrected chi connectivity index (χ3v) is 5.55. The van der Waals surface area contributed by atoms with Gasteiger partial charge in [-0.25, -0.2) is 0 Å². The van der Waals surface area contributed by atoms with E-state index >= 15 is 0 Å². The Balaban J connectivity index is 5.20. The van der Waals surface area contributed by atoms with Gasteiger partial charge in [0.15, 0.2) is 11.9 Å². The number of carbonyl (C=O) groups excluding carboxylic acids is 4. The topological polar surface area (TPSA) is 286 Å². The number of guanidine groups is 2. The molecule has 16 heteroatoms. The fourth-order valence-corrected chi connectivity index (χ4v) is 3.47. The summed E-state index contributed by atoms with van der Waals surface area (Å²) >= 11 is 0. The van der Waals surface area contributed by atoms with Crippen molar-refractivity contribution >= 4 is 35.4 Å². The molecule has 0 unspecified atom stereocenters. The Labute approximate surface area is 241 Å². The van der Waals surface area contributed by atoms with Gasteiger partial charge in [0.1, 0.15) is 17.9 Å². The number of nitrogens with zero attached hydrogens (tertiary/aromatic N) is 3. The molecule has 0 bridgehead atoms. The monoisotopic (exact) mass is 583 g/mol. The van der Waals surface area contributed by atoms with E-state index in [9.17, 15) is 19.2 Å². The SMILES string of the molecule is CC/C=C\COC[C@H](CC(C)=O)C(=O)N(CCCNC(=O)[C@H](N)CN=C(N)N)CCCNC(=O)[C@@H](N)CN=C(N)N. The lowest BCUT2D eigenvalue weighted by atomic mass is 10.0. The van der Waals surface area contributed by atoms with Gasteiger partial charge in [-0.15, -0.1) is 0 Å². The number of hydrogen-bond acceptors (Lipinski definition) is 9. The normalized spacial score (nSPS) is 13.1. The van der Waals surface area contributed by atoms with E-state index in [1.165, 1.54) is 6.92 Å². The van der Waals surface area contributed by atoms with Gasteiger partial charge < -0.3 is 59.5 Å². The quantitative estimate of drug-likeness (QED) is 0.0269. The van der Waals surface area contributed by atoms with E-state index in [0.717, 1.165) is 6.42 Å². The van der Waals surface area contributed by atoms with Crippen LogP contribution in [0.25, 0.3) is 0 Å². The first-order chi connectivity index (χ1) is 19.4. The lowest BCUT2D eigenvalue weighted by Gasteiger charge is -2.27. The number of ketones is 1. The van der Waals surface area contributed by atoms with Gasteiger partial charge in [-0.2, -0.15) is 0 Å². The minimum Gasteiger partial charge on any atom is -0.377 e. The van der Waals surface area contributed by atoms with Crippen LogP contribution in [0.5, 0.6) is 0 Å². The summed E-state index contributed by atoms with van der Waals surface area (Å²) < 4.78 is 5.63. The Hall–Kier alpha value is -3.76. The molecule has 0 saturated heterocycles. The zero-order valence-electron chi connectivity index (χ0n) is 24.2. The first kappa shape index (κ1) is 37.2. The molecule has 3 amide bonds. The summed E-state index contributed by atoms with van der Waals surface area (Å²) in [7, 11) is 0. The van der Waals surface area contributed by atoms with E-state index in [1.807, 2.05) is 19.1 Å². The molecule has 0 aromatic rings. The molecule has 16 nitrogen and oxygen atoms in total. The predicted octanol–water partition coefficient (Wildman–Crippen LogP) is -3.39. The van der Waals surface area contributed by atoms with Crippen molar-refractivity contribution in [2.75, 3.05) is 52.5 Å². The van der Waals surface area contributed by atoms with Crippen LogP contribution in [0.4, 0.5) is 0 Å². The molecular formula is C25H49N11O5. The van der Waals surface area contributed by atoms with Crippen molar-refractivity contribution in [3.05, 3.63) is 12.2 Å². The maximum atomic E-state index is 13.5. The van der Waals surface area contributed by atoms with Crippen LogP contribution < -0.4 is 45.0 Å². The third kappa shape index (κ3) is 19.0. The van der Waals surface area contributed by atoms with E-state index in [1.54, 1.807) is 4.90 Å². The Bertz CT molecular complexity index is 856. The number of carbonyl (C=O) groups is 4. The number of ether oxygens (including phenoxy) is 1. The Morgan fingerprint density at radius 2 is 1.34 bits per heavy atom. The van der Waals surface area contributed by atoms with Crippen molar-refractivity contribution in [3.63, 3.8) is 0 Å². The smallest absolute Gasteiger partial charge is 0.238 e. The van der Waals surface area contributed by atoms with Crippen LogP contribution in [-0.2, 0) is 23.9 Å². The molecule has 0 aliphatic carbocycles. The highest BCUT2D eigenvalue weighted by molar-refractivity contribution is 5.86. The Morgan fingerprint density at radius 3 is 1.76 bits per heavy atom. The second kappa shape index (κ2) is 22.0. The van der Waals surface area contributed by atoms with Crippen LogP contribution >= 0.6 is 0 Å². The summed E-state index contributed by atoms with van der Waals surface area (Å²) in [5, 5.41) is 5.38. The molecule has 41 heavy (non-hydrogen) atoms. The molecular weight excluding hydrogens is 534 g/mol. The first-order valence-corrected chi connectivity index (χ1v) is 13.6. The third-order valence-electron chi connectivity index (χ3n) is 5.55. The molecule has 0 fully saturated rings. The van der Waals surface area contributed by atoms with Gasteiger partial charge in [-0.3, -0.25) is 24.4 Å². The molecule has 0 saturated carbocycles. The van der Waals surface area contributed by atoms with Crippen LogP contribution in [-0.4, -0.2) is 105 Å². The maximum absolute atomic E-state index is 13.5. The molecule has 234 valence electrons. The summed E-state index contributed by atoms with van der Waals surface area (Å²) in [6, 6.07) is -1.84. The van der Waals surface area contributed by atoms with Gasteiger partial charge >= 0.3 is 0 Å². The Morgan fingerprint density at radius 1 is 0.854 bits per heavy atom. The van der Waals surface area contributed by atoms with Crippen LogP contribution in [0, 0.1) is 5.92 Å². The van der Waals surface area contributed by atoms with E-state index in [4.69, 9.17) is 39.1 Å². The summed E-state index contributed by atoms with van der Waals surface area (Å²) in [4.78, 5) is 58.7. The van der Waals surface area contributed by atoms with Gasteiger partial charge in [-0.1, -0.05) is 19.1 Å². The van der Waals surface area contributed by atoms with Crippen molar-refractivity contribution in [2.45, 2.75) is 51.6 Å². The fourth-order valence-electron chi connectivity index (χ4n) is 3.47. The van der Waals surface area contributed by atoms with Crippen LogP contribution in [0.2, 0.25) is 0 Å². The highest BCUT2D eigenvalue weighted by atomic mass is 16.5. The lowest BCUT2D eigenvalue weighted by Crippen LogP contribution is -2.45. The van der Waals surface area contributed by atoms with Gasteiger partial charge in [0.2, 0.25) is 17.7 Å². The largest absolute Gasteiger partial charge is 0.377 e. The summed E-state index contributed by atoms with van der Waals surface area (Å²) in [6.45, 7) is 4.76. The minimum absolute atomic E-state index is 0.0274. The van der Waals surface area contributed by atoms with E-state index in [2.05, 4.69) is 20.6 Å². The van der Waals surface area contributed by atoms with Crippen molar-refractivity contribution in [3.8, 4) is 0 Å². The number of amides is 3. The summed E-state index contributed by atoms with van der Waals surface area (Å²) in [5.74, 6) is -2.27. The second-order valence-corrected chi connectivity index (χ2v) is 9.38. The van der Waals surface area contributed by atoms with Crippen molar-refractivity contribution in [1.82, 2.24) is 15.5 Å². The predicted molar refractivity (Wildman–Crippen MR) is 158 cm³/mol. The van der Waals surface area contributed by atoms with Crippen LogP contribution in [0.15, 0.2) is 22.1 Å². The van der Waals surface area contributed by atoms with Gasteiger partial charge in [0, 0.05) is 32.6 Å². The van der Waals surface area contributed by atoms with E-state index in [-0.39, 0.29) is 75.9 Å². The maximum Gasteiger partial charge on any atom is 0.238 e. The van der Waals surface area contributed by atoms with Gasteiger partial charge in [0.05, 0.1) is 32.2 Å². The molecule has 3 atom stereocenters. The van der Waals surface area contributed by atoms with E-state index in [0.29, 0.717) is 19.4 Å². The molecule has 0 heterocycles. The van der Waals surface area contributed by atoms with Crippen molar-refractivity contribution < 1.29 is 23.9 Å². The van der Waals surface area contributed by atoms with Crippen LogP contribution in [0.1, 0.15) is 39.5 Å². The standard InChI is InChI=1S/C25H49N11O5/c1-3-4-5-12-41-16-18(13-17(2)37)23(40)36(10-6-8-32-21(38)19(26)14-34-24(28)29)11-7-9-33-22(39)20(27)15-35-25(30)31/h4-5,18-20H,3,6-16,26-27H2,1-2H3,(H,32,38)(H,33,39)(H4,28,29,34)(H4,30,31,35)/b5-4-/t18-,19-,20+/m0/s1. The summed E-state index contributed by atoms with van der Waals surface area (Å²) in [6.07, 6.45) is 5.51. The number of rotatable bonds is 22. The molecule has 0 aromatic carbocycles. The van der Waals surface area contributed by atoms with E-state index < -0.39 is 29.8 Å². The molecule has 14 N–H and O–H groups in total. The zero-order valence-corrected chi connectivity index (χ0v) is 24.2. The fraction of sp³-hybridized carbons (Fsp3) is 0.680. The average molecular weight is 584 g/mol. The van der Waals surface area contributed by atoms with Crippen LogP contribution in [0.3, 0.4) is 0 Å². The zero-order chi connectivity index (χ0) is 31.2. The van der Waals surface area contributed by atoms with Crippen molar-refractivity contribution in [2.24, 2.45) is 50.3 Å². The number of hydrogen-bond donors (Lipinski definition) is 8. The van der Waals surface area contributed by atoms with Crippen molar-refractivity contribution in [1.29, 1.82) is 0 Å². The number of aliphatic imine (C=N–C) groups is 2. The highest BCUT2D eigenvalue weighted by Gasteiger charge is 2.26. The molecule has 0 aliphatic rings. The molecule has 0 spiro atoms. The van der Waals surface area contributed by atoms with Gasteiger partial charge in [-0.05, 0) is 26.2 Å². The summed E-state index contributed by atoms with van der Waals surface area (Å²) in [5.41, 5.74) is 32.6. The molecule has 0 radical (unpaired) electrons. The average Bonchev–Trinajstić information content (AvgIpc) is 2.91. The molecule has 0 rings (SSSR count). The number of nitrogens with two attached hydrogens (primary N) is 6. The highest BCUT2D eigenvalue weighted by Crippen LogP contribution is 2.12. The minimum atomic E-state index is -0.921. The first-order valence-electron chi connectivity index (χ1n) is 13.6. The number of allylic oxidation sites excluding steroid dienone is 1. The molecule has 0 aliphatic heterocycles. The second-order valence-electron chi connectivity index (χ2n) is 9.38. The number of Topliss-reactive ketones (excluding diaryl/α,β-unsaturated/α-hetero) is 1. The molecule has 0 aromatic heterocycles.